The Bertz CT molecular complexity index is 3190. The fourth-order valence-electron chi connectivity index (χ4n) is 9.55. The van der Waals surface area contributed by atoms with Gasteiger partial charge in [0.25, 0.3) is 0 Å². The average Bonchev–Trinajstić information content (AvgIpc) is 3.85. The molecular weight excluding hydrogens is 807 g/mol. The number of aryl methyl sites for hydroxylation is 2. The number of anilines is 4. The van der Waals surface area contributed by atoms with Gasteiger partial charge in [-0.25, -0.2) is 13.8 Å². The summed E-state index contributed by atoms with van der Waals surface area (Å²) in [7, 11) is 0. The van der Waals surface area contributed by atoms with E-state index in [0.717, 1.165) is 91.2 Å². The van der Waals surface area contributed by atoms with E-state index in [1.165, 1.54) is 29.3 Å². The predicted molar refractivity (Wildman–Crippen MR) is 265 cm³/mol. The van der Waals surface area contributed by atoms with Crippen molar-refractivity contribution in [2.24, 2.45) is 0 Å². The minimum Gasteiger partial charge on any atom is -0.457 e. The number of nitrogens with zero attached hydrogens (tertiary/aromatic N) is 4. The van der Waals surface area contributed by atoms with Gasteiger partial charge in [0.1, 0.15) is 35.6 Å². The fraction of sp³-hybridized carbons (Fsp3) is 0.190. The Kier molecular flexibility index (Phi) is 10.9. The number of ether oxygens (including phenoxy) is 1. The molecule has 324 valence electrons. The maximum Gasteiger partial charge on any atom is 0.137 e. The molecule has 0 saturated carbocycles. The third-order valence-corrected chi connectivity index (χ3v) is 12.7. The molecule has 0 aliphatic carbocycles. The summed E-state index contributed by atoms with van der Waals surface area (Å²) in [5.41, 5.74) is 13.4. The largest absolute Gasteiger partial charge is 0.457 e. The number of halogens is 2. The van der Waals surface area contributed by atoms with Gasteiger partial charge in [-0.15, -0.1) is 0 Å². The summed E-state index contributed by atoms with van der Waals surface area (Å²) in [5.74, 6) is 1.31. The van der Waals surface area contributed by atoms with Gasteiger partial charge in [0.2, 0.25) is 0 Å². The van der Waals surface area contributed by atoms with Crippen molar-refractivity contribution in [3.8, 4) is 39.6 Å². The Morgan fingerprint density at radius 3 is 1.98 bits per heavy atom. The number of aromatic nitrogens is 2. The van der Waals surface area contributed by atoms with Crippen LogP contribution in [0, 0.1) is 18.6 Å². The van der Waals surface area contributed by atoms with Crippen LogP contribution in [0.5, 0.6) is 11.5 Å². The first-order valence-electron chi connectivity index (χ1n) is 22.7. The highest BCUT2D eigenvalue weighted by atomic mass is 19.1. The molecule has 2 aromatic heterocycles. The number of fused-ring (bicyclic) bond motifs is 4. The summed E-state index contributed by atoms with van der Waals surface area (Å²) in [6, 6.07) is 50.8. The number of benzene rings is 7. The van der Waals surface area contributed by atoms with Crippen molar-refractivity contribution in [2.45, 2.75) is 66.2 Å². The zero-order valence-corrected chi connectivity index (χ0v) is 37.7. The molecule has 1 aliphatic rings. The molecule has 9 aromatic rings. The lowest BCUT2D eigenvalue weighted by molar-refractivity contribution is 0.483. The summed E-state index contributed by atoms with van der Waals surface area (Å²) < 4.78 is 39.9. The van der Waals surface area contributed by atoms with Crippen molar-refractivity contribution in [1.29, 1.82) is 0 Å². The summed E-state index contributed by atoms with van der Waals surface area (Å²) in [6.07, 6.45) is 3.96. The topological polar surface area (TPSA) is 33.5 Å². The molecular formula is C58H52F2N4O. The van der Waals surface area contributed by atoms with Crippen molar-refractivity contribution in [3.63, 3.8) is 0 Å². The quantitative estimate of drug-likeness (QED) is 0.130. The molecule has 5 nitrogen and oxygen atoms in total. The first-order chi connectivity index (χ1) is 31.6. The van der Waals surface area contributed by atoms with E-state index in [1.54, 1.807) is 0 Å². The smallest absolute Gasteiger partial charge is 0.137 e. The van der Waals surface area contributed by atoms with E-state index >= 15 is 8.78 Å². The second-order valence-electron chi connectivity index (χ2n) is 17.9. The van der Waals surface area contributed by atoms with E-state index in [4.69, 9.17) is 9.72 Å². The Labute approximate surface area is 380 Å². The highest BCUT2D eigenvalue weighted by Gasteiger charge is 2.33. The van der Waals surface area contributed by atoms with Crippen molar-refractivity contribution in [1.82, 2.24) is 9.55 Å². The van der Waals surface area contributed by atoms with E-state index in [0.29, 0.717) is 18.0 Å². The van der Waals surface area contributed by atoms with E-state index in [-0.39, 0.29) is 17.4 Å². The van der Waals surface area contributed by atoms with Crippen molar-refractivity contribution in [2.75, 3.05) is 16.5 Å². The molecule has 0 amide bonds. The van der Waals surface area contributed by atoms with Gasteiger partial charge in [-0.2, -0.15) is 0 Å². The lowest BCUT2D eigenvalue weighted by Gasteiger charge is -2.30. The summed E-state index contributed by atoms with van der Waals surface area (Å²) in [6.45, 7) is 13.4. The van der Waals surface area contributed by atoms with Gasteiger partial charge in [0.05, 0.1) is 28.0 Å². The van der Waals surface area contributed by atoms with Crippen LogP contribution in [0.3, 0.4) is 0 Å². The molecule has 10 rings (SSSR count). The van der Waals surface area contributed by atoms with Crippen LogP contribution >= 0.6 is 0 Å². The van der Waals surface area contributed by atoms with Gasteiger partial charge in [0, 0.05) is 40.5 Å². The third kappa shape index (κ3) is 7.69. The first kappa shape index (κ1) is 41.7. The molecule has 0 atom stereocenters. The van der Waals surface area contributed by atoms with Crippen LogP contribution in [0.15, 0.2) is 158 Å². The van der Waals surface area contributed by atoms with Crippen molar-refractivity contribution < 1.29 is 13.5 Å². The Morgan fingerprint density at radius 2 is 1.28 bits per heavy atom. The Balaban J connectivity index is 1.10. The van der Waals surface area contributed by atoms with Crippen LogP contribution in [-0.2, 0) is 6.42 Å². The van der Waals surface area contributed by atoms with Gasteiger partial charge in [-0.1, -0.05) is 107 Å². The first-order valence-corrected chi connectivity index (χ1v) is 22.7. The predicted octanol–water partition coefficient (Wildman–Crippen LogP) is 16.3. The van der Waals surface area contributed by atoms with Gasteiger partial charge in [-0.05, 0) is 137 Å². The zero-order valence-electron chi connectivity index (χ0n) is 37.7. The summed E-state index contributed by atoms with van der Waals surface area (Å²) >= 11 is 0. The molecule has 0 spiro atoms. The molecule has 0 N–H and O–H groups in total. The van der Waals surface area contributed by atoms with Gasteiger partial charge < -0.3 is 14.5 Å². The number of para-hydroxylation sites is 3. The maximum atomic E-state index is 15.4. The molecule has 0 bridgehead atoms. The molecule has 0 saturated heterocycles. The minimum atomic E-state index is -0.567. The molecule has 7 heteroatoms. The molecule has 7 aromatic carbocycles. The molecule has 0 unspecified atom stereocenters. The van der Waals surface area contributed by atoms with Crippen LogP contribution < -0.4 is 14.5 Å². The number of hydrogen-bond donors (Lipinski definition) is 0. The molecule has 3 heterocycles. The molecule has 0 fully saturated rings. The van der Waals surface area contributed by atoms with Gasteiger partial charge >= 0.3 is 0 Å². The van der Waals surface area contributed by atoms with Crippen LogP contribution in [0.4, 0.5) is 31.5 Å². The number of hydrogen-bond acceptors (Lipinski definition) is 4. The van der Waals surface area contributed by atoms with Crippen LogP contribution in [0.1, 0.15) is 75.1 Å². The normalized spacial score (nSPS) is 12.6. The highest BCUT2D eigenvalue weighted by molar-refractivity contribution is 6.09. The SMILES string of the molecule is CCCc1ccnc(-n2c3ccccc3c3ccc(Oc4cc(-c5ccc(C)cc5)cc(N5CN(c6c(C(C)C)cc(-c7c(F)cccc7F)cc6C(C)C)c6ccccc65)c4)cc32)c1. The summed E-state index contributed by atoms with van der Waals surface area (Å²) in [5, 5.41) is 2.29. The third-order valence-electron chi connectivity index (χ3n) is 12.7. The van der Waals surface area contributed by atoms with Crippen LogP contribution in [0.2, 0.25) is 0 Å². The lowest BCUT2D eigenvalue weighted by Crippen LogP contribution is -2.26. The molecule has 1 aliphatic heterocycles. The fourth-order valence-corrected chi connectivity index (χ4v) is 9.55. The Hall–Kier alpha value is -7.25. The van der Waals surface area contributed by atoms with E-state index < -0.39 is 11.6 Å². The second-order valence-corrected chi connectivity index (χ2v) is 17.9. The van der Waals surface area contributed by atoms with Crippen LogP contribution in [0.25, 0.3) is 49.9 Å². The van der Waals surface area contributed by atoms with E-state index in [2.05, 4.69) is 177 Å². The second kappa shape index (κ2) is 17.0. The van der Waals surface area contributed by atoms with E-state index in [9.17, 15) is 0 Å². The summed E-state index contributed by atoms with van der Waals surface area (Å²) in [4.78, 5) is 9.58. The average molecular weight is 859 g/mol. The van der Waals surface area contributed by atoms with Gasteiger partial charge in [-0.3, -0.25) is 4.57 Å². The minimum absolute atomic E-state index is 0.00482. The van der Waals surface area contributed by atoms with Gasteiger partial charge in [0.15, 0.2) is 0 Å². The van der Waals surface area contributed by atoms with Crippen LogP contribution in [-0.4, -0.2) is 16.2 Å². The monoisotopic (exact) mass is 858 g/mol. The highest BCUT2D eigenvalue weighted by Crippen LogP contribution is 2.50. The number of pyridine rings is 1. The Morgan fingerprint density at radius 1 is 0.600 bits per heavy atom. The van der Waals surface area contributed by atoms with Crippen molar-refractivity contribution in [3.05, 3.63) is 192 Å². The van der Waals surface area contributed by atoms with E-state index in [1.807, 2.05) is 18.3 Å². The van der Waals surface area contributed by atoms with Crippen molar-refractivity contribution >= 4 is 44.6 Å². The molecule has 0 radical (unpaired) electrons. The maximum absolute atomic E-state index is 15.4. The number of rotatable bonds is 11. The standard InChI is InChI=1S/C58H52F2N4O/c1-7-13-39-26-27-61-56(28-39)64-52-17-9-8-14-46(52)47-25-24-44(34-55(47)64)65-45-30-41(40-22-20-38(6)21-23-40)29-43(33-45)62-35-63(54-19-11-10-18-53(54)62)58-48(36(2)3)31-42(32-49(58)37(4)5)57-50(59)15-12-16-51(57)60/h8-12,14-34,36-37H,7,13,35H2,1-6H3. The zero-order chi connectivity index (χ0) is 44.9. The molecule has 65 heavy (non-hydrogen) atoms. The lowest BCUT2D eigenvalue weighted by atomic mass is 9.87.